The first-order valence-corrected chi connectivity index (χ1v) is 8.71. The van der Waals surface area contributed by atoms with Gasteiger partial charge in [-0.2, -0.15) is 0 Å². The van der Waals surface area contributed by atoms with Crippen LogP contribution in [-0.4, -0.2) is 35.5 Å². The topological polar surface area (TPSA) is 32.3 Å². The minimum Gasteiger partial charge on any atom is -0.336 e. The van der Waals surface area contributed by atoms with Gasteiger partial charge in [0.25, 0.3) is 5.91 Å². The second kappa shape index (κ2) is 6.09. The van der Waals surface area contributed by atoms with Gasteiger partial charge in [-0.25, -0.2) is 0 Å². The molecule has 2 heterocycles. The fraction of sp³-hybridized carbons (Fsp3) is 0.588. The Kier molecular flexibility index (Phi) is 4.36. The molecule has 2 aliphatic rings. The van der Waals surface area contributed by atoms with E-state index < -0.39 is 0 Å². The minimum atomic E-state index is 0.180. The Balaban J connectivity index is 1.79. The van der Waals surface area contributed by atoms with Crippen molar-refractivity contribution in [2.45, 2.75) is 57.7 Å². The van der Waals surface area contributed by atoms with Crippen molar-refractivity contribution in [3.8, 4) is 0 Å². The zero-order valence-corrected chi connectivity index (χ0v) is 14.3. The summed E-state index contributed by atoms with van der Waals surface area (Å²) in [7, 11) is 0. The maximum Gasteiger partial charge on any atom is 0.254 e. The number of benzene rings is 1. The normalized spacial score (nSPS) is 27.7. The Morgan fingerprint density at radius 1 is 1.33 bits per heavy atom. The Bertz CT molecular complexity index is 534. The van der Waals surface area contributed by atoms with Gasteiger partial charge in [0.15, 0.2) is 0 Å². The average Bonchev–Trinajstić information content (AvgIpc) is 2.81. The van der Waals surface area contributed by atoms with E-state index in [1.807, 2.05) is 25.1 Å². The lowest BCUT2D eigenvalue weighted by atomic mass is 9.97. The van der Waals surface area contributed by atoms with Gasteiger partial charge in [-0.3, -0.25) is 4.79 Å². The van der Waals surface area contributed by atoms with E-state index in [0.717, 1.165) is 35.0 Å². The summed E-state index contributed by atoms with van der Waals surface area (Å²) in [5.74, 6) is 0.180. The molecule has 0 saturated carbocycles. The summed E-state index contributed by atoms with van der Waals surface area (Å²) in [6, 6.07) is 7.51. The number of halogens is 1. The number of rotatable bonds is 3. The lowest BCUT2D eigenvalue weighted by molar-refractivity contribution is 0.0631. The summed E-state index contributed by atoms with van der Waals surface area (Å²) >= 11 is 3.50. The van der Waals surface area contributed by atoms with Crippen molar-refractivity contribution >= 4 is 21.8 Å². The summed E-state index contributed by atoms with van der Waals surface area (Å²) in [6.07, 6.45) is 4.74. The summed E-state index contributed by atoms with van der Waals surface area (Å²) in [6.45, 7) is 4.91. The molecule has 3 nitrogen and oxygen atoms in total. The monoisotopic (exact) mass is 350 g/mol. The van der Waals surface area contributed by atoms with Crippen molar-refractivity contribution in [3.63, 3.8) is 0 Å². The molecule has 4 heteroatoms. The third kappa shape index (κ3) is 3.02. The number of piperidine rings is 1. The molecule has 21 heavy (non-hydrogen) atoms. The molecule has 2 fully saturated rings. The Morgan fingerprint density at radius 3 is 2.57 bits per heavy atom. The summed E-state index contributed by atoms with van der Waals surface area (Å²) in [5, 5.41) is 3.65. The fourth-order valence-electron chi connectivity index (χ4n) is 3.79. The van der Waals surface area contributed by atoms with Gasteiger partial charge in [-0.1, -0.05) is 15.9 Å². The second-order valence-corrected chi connectivity index (χ2v) is 7.17. The number of hydrogen-bond donors (Lipinski definition) is 1. The zero-order valence-electron chi connectivity index (χ0n) is 12.7. The molecule has 1 amide bonds. The van der Waals surface area contributed by atoms with E-state index in [-0.39, 0.29) is 5.91 Å². The van der Waals surface area contributed by atoms with E-state index in [1.54, 1.807) is 0 Å². The fourth-order valence-corrected chi connectivity index (χ4v) is 4.04. The predicted octanol–water partition coefficient (Wildman–Crippen LogP) is 3.50. The van der Waals surface area contributed by atoms with Crippen LogP contribution in [0.3, 0.4) is 0 Å². The van der Waals surface area contributed by atoms with Gasteiger partial charge in [0.2, 0.25) is 0 Å². The molecule has 114 valence electrons. The number of carbonyl (C=O) groups is 1. The number of carbonyl (C=O) groups excluding carboxylic acids is 1. The van der Waals surface area contributed by atoms with Gasteiger partial charge < -0.3 is 10.2 Å². The maximum absolute atomic E-state index is 12.9. The SMILES string of the molecule is CCN(C(=O)c1ccc(Br)c(C)c1)C1CC2CCC(C1)N2. The van der Waals surface area contributed by atoms with Crippen LogP contribution in [0.1, 0.15) is 48.5 Å². The van der Waals surface area contributed by atoms with E-state index in [2.05, 4.69) is 33.1 Å². The third-order valence-electron chi connectivity index (χ3n) is 4.90. The van der Waals surface area contributed by atoms with Crippen LogP contribution in [0, 0.1) is 6.92 Å². The van der Waals surface area contributed by atoms with Crippen molar-refractivity contribution in [2.24, 2.45) is 0 Å². The second-order valence-electron chi connectivity index (χ2n) is 6.32. The van der Waals surface area contributed by atoms with Crippen LogP contribution >= 0.6 is 15.9 Å². The third-order valence-corrected chi connectivity index (χ3v) is 5.79. The van der Waals surface area contributed by atoms with Crippen LogP contribution in [0.2, 0.25) is 0 Å². The van der Waals surface area contributed by atoms with Crippen LogP contribution in [-0.2, 0) is 0 Å². The van der Waals surface area contributed by atoms with Crippen LogP contribution < -0.4 is 5.32 Å². The van der Waals surface area contributed by atoms with Crippen molar-refractivity contribution in [2.75, 3.05) is 6.54 Å². The Labute approximate surface area is 135 Å². The Morgan fingerprint density at radius 2 is 2.00 bits per heavy atom. The molecule has 2 atom stereocenters. The quantitative estimate of drug-likeness (QED) is 0.904. The smallest absolute Gasteiger partial charge is 0.254 e. The molecule has 0 radical (unpaired) electrons. The molecule has 0 spiro atoms. The van der Waals surface area contributed by atoms with Gasteiger partial charge in [0.1, 0.15) is 0 Å². The van der Waals surface area contributed by atoms with Crippen molar-refractivity contribution < 1.29 is 4.79 Å². The van der Waals surface area contributed by atoms with E-state index in [9.17, 15) is 4.79 Å². The number of aryl methyl sites for hydroxylation is 1. The number of nitrogens with zero attached hydrogens (tertiary/aromatic N) is 1. The van der Waals surface area contributed by atoms with Crippen LogP contribution in [0.15, 0.2) is 22.7 Å². The largest absolute Gasteiger partial charge is 0.336 e. The van der Waals surface area contributed by atoms with Gasteiger partial charge in [0.05, 0.1) is 0 Å². The van der Waals surface area contributed by atoms with Crippen molar-refractivity contribution in [1.29, 1.82) is 0 Å². The molecular formula is C17H23BrN2O. The van der Waals surface area contributed by atoms with Crippen molar-refractivity contribution in [1.82, 2.24) is 10.2 Å². The Hall–Kier alpha value is -0.870. The van der Waals surface area contributed by atoms with Crippen LogP contribution in [0.4, 0.5) is 0 Å². The van der Waals surface area contributed by atoms with Gasteiger partial charge in [-0.15, -0.1) is 0 Å². The molecule has 2 aliphatic heterocycles. The summed E-state index contributed by atoms with van der Waals surface area (Å²) < 4.78 is 1.06. The highest BCUT2D eigenvalue weighted by atomic mass is 79.9. The molecule has 3 rings (SSSR count). The molecule has 0 aromatic heterocycles. The number of amides is 1. The van der Waals surface area contributed by atoms with Crippen LogP contribution in [0.5, 0.6) is 0 Å². The first-order chi connectivity index (χ1) is 10.1. The highest BCUT2D eigenvalue weighted by Crippen LogP contribution is 2.30. The highest BCUT2D eigenvalue weighted by molar-refractivity contribution is 9.10. The molecule has 1 aromatic rings. The molecule has 2 saturated heterocycles. The van der Waals surface area contributed by atoms with Crippen LogP contribution in [0.25, 0.3) is 0 Å². The van der Waals surface area contributed by atoms with E-state index in [1.165, 1.54) is 12.8 Å². The van der Waals surface area contributed by atoms with Gasteiger partial charge >= 0.3 is 0 Å². The molecule has 1 N–H and O–H groups in total. The molecule has 2 unspecified atom stereocenters. The lowest BCUT2D eigenvalue weighted by Crippen LogP contribution is -2.50. The van der Waals surface area contributed by atoms with Crippen molar-refractivity contribution in [3.05, 3.63) is 33.8 Å². The molecule has 0 aliphatic carbocycles. The minimum absolute atomic E-state index is 0.180. The van der Waals surface area contributed by atoms with E-state index >= 15 is 0 Å². The van der Waals surface area contributed by atoms with E-state index in [4.69, 9.17) is 0 Å². The molecule has 2 bridgehead atoms. The number of fused-ring (bicyclic) bond motifs is 2. The first kappa shape index (κ1) is 15.0. The number of nitrogens with one attached hydrogen (secondary N) is 1. The summed E-state index contributed by atoms with van der Waals surface area (Å²) in [5.41, 5.74) is 1.92. The van der Waals surface area contributed by atoms with Gasteiger partial charge in [0, 0.05) is 34.7 Å². The number of hydrogen-bond acceptors (Lipinski definition) is 2. The van der Waals surface area contributed by atoms with E-state index in [0.29, 0.717) is 18.1 Å². The van der Waals surface area contributed by atoms with Gasteiger partial charge in [-0.05, 0) is 63.3 Å². The average molecular weight is 351 g/mol. The highest BCUT2D eigenvalue weighted by Gasteiger charge is 2.37. The molecule has 1 aromatic carbocycles. The lowest BCUT2D eigenvalue weighted by Gasteiger charge is -2.37. The maximum atomic E-state index is 12.9. The zero-order chi connectivity index (χ0) is 15.0. The summed E-state index contributed by atoms with van der Waals surface area (Å²) in [4.78, 5) is 14.9. The standard InChI is InChI=1S/C17H23BrN2O/c1-3-20(15-9-13-5-6-14(10-15)19-13)17(21)12-4-7-16(18)11(2)8-12/h4,7-8,13-15,19H,3,5-6,9-10H2,1-2H3. The predicted molar refractivity (Wildman–Crippen MR) is 88.6 cm³/mol. The first-order valence-electron chi connectivity index (χ1n) is 7.91. The molecular weight excluding hydrogens is 328 g/mol.